The van der Waals surface area contributed by atoms with Crippen LogP contribution in [0.2, 0.25) is 0 Å². The van der Waals surface area contributed by atoms with Gasteiger partial charge in [0, 0.05) is 18.3 Å². The van der Waals surface area contributed by atoms with Crippen LogP contribution in [0.15, 0.2) is 16.5 Å². The van der Waals surface area contributed by atoms with Gasteiger partial charge in [0.25, 0.3) is 5.91 Å². The second-order valence-corrected chi connectivity index (χ2v) is 4.20. The standard InChI is InChI=1S/C12H18ClNO2/c1-3-10-6-7-11(16-10)12(15)14-9(2)5-4-8-13/h6-7,9H,3-5,8H2,1-2H3,(H,14,15). The minimum atomic E-state index is -0.151. The minimum Gasteiger partial charge on any atom is -0.456 e. The van der Waals surface area contributed by atoms with Gasteiger partial charge in [-0.05, 0) is 31.9 Å². The van der Waals surface area contributed by atoms with E-state index < -0.39 is 0 Å². The van der Waals surface area contributed by atoms with E-state index >= 15 is 0 Å². The topological polar surface area (TPSA) is 42.2 Å². The zero-order chi connectivity index (χ0) is 12.0. The van der Waals surface area contributed by atoms with Crippen molar-refractivity contribution in [2.24, 2.45) is 0 Å². The molecule has 1 aromatic rings. The van der Waals surface area contributed by atoms with Gasteiger partial charge >= 0.3 is 0 Å². The molecule has 0 bridgehead atoms. The first-order valence-corrected chi connectivity index (χ1v) is 6.16. The molecule has 0 aliphatic heterocycles. The Morgan fingerprint density at radius 1 is 1.56 bits per heavy atom. The highest BCUT2D eigenvalue weighted by molar-refractivity contribution is 6.17. The van der Waals surface area contributed by atoms with Crippen LogP contribution < -0.4 is 5.32 Å². The molecule has 90 valence electrons. The lowest BCUT2D eigenvalue weighted by Gasteiger charge is -2.11. The summed E-state index contributed by atoms with van der Waals surface area (Å²) in [5.74, 6) is 1.69. The van der Waals surface area contributed by atoms with Gasteiger partial charge in [0.2, 0.25) is 0 Å². The molecule has 1 heterocycles. The summed E-state index contributed by atoms with van der Waals surface area (Å²) in [6.45, 7) is 3.96. The van der Waals surface area contributed by atoms with Crippen molar-refractivity contribution in [2.45, 2.75) is 39.2 Å². The number of furan rings is 1. The summed E-state index contributed by atoms with van der Waals surface area (Å²) < 4.78 is 5.36. The van der Waals surface area contributed by atoms with E-state index in [1.54, 1.807) is 6.07 Å². The zero-order valence-corrected chi connectivity index (χ0v) is 10.5. The number of hydrogen-bond donors (Lipinski definition) is 1. The van der Waals surface area contributed by atoms with Gasteiger partial charge in [-0.3, -0.25) is 4.79 Å². The number of alkyl halides is 1. The molecule has 1 atom stereocenters. The summed E-state index contributed by atoms with van der Waals surface area (Å²) in [6, 6.07) is 3.67. The second-order valence-electron chi connectivity index (χ2n) is 3.83. The molecule has 0 aliphatic rings. The van der Waals surface area contributed by atoms with Gasteiger partial charge in [0.1, 0.15) is 5.76 Å². The van der Waals surface area contributed by atoms with Crippen molar-refractivity contribution in [1.82, 2.24) is 5.32 Å². The summed E-state index contributed by atoms with van der Waals surface area (Å²) in [5.41, 5.74) is 0. The van der Waals surface area contributed by atoms with E-state index in [0.717, 1.165) is 25.0 Å². The fourth-order valence-corrected chi connectivity index (χ4v) is 1.59. The molecule has 1 unspecified atom stereocenters. The molecule has 1 N–H and O–H groups in total. The van der Waals surface area contributed by atoms with E-state index in [9.17, 15) is 4.79 Å². The quantitative estimate of drug-likeness (QED) is 0.781. The van der Waals surface area contributed by atoms with Crippen LogP contribution in [-0.4, -0.2) is 17.8 Å². The molecule has 0 saturated carbocycles. The fourth-order valence-electron chi connectivity index (χ4n) is 1.44. The first-order valence-electron chi connectivity index (χ1n) is 5.63. The normalized spacial score (nSPS) is 12.4. The summed E-state index contributed by atoms with van der Waals surface area (Å²) in [4.78, 5) is 11.7. The van der Waals surface area contributed by atoms with Gasteiger partial charge in [-0.2, -0.15) is 0 Å². The maximum Gasteiger partial charge on any atom is 0.287 e. The lowest BCUT2D eigenvalue weighted by Crippen LogP contribution is -2.32. The van der Waals surface area contributed by atoms with Crippen LogP contribution >= 0.6 is 11.6 Å². The number of nitrogens with one attached hydrogen (secondary N) is 1. The Hall–Kier alpha value is -0.960. The molecule has 0 aromatic carbocycles. The Balaban J connectivity index is 2.45. The molecule has 0 fully saturated rings. The highest BCUT2D eigenvalue weighted by Gasteiger charge is 2.12. The van der Waals surface area contributed by atoms with E-state index in [0.29, 0.717) is 11.6 Å². The summed E-state index contributed by atoms with van der Waals surface area (Å²) >= 11 is 5.59. The highest BCUT2D eigenvalue weighted by atomic mass is 35.5. The van der Waals surface area contributed by atoms with Crippen molar-refractivity contribution in [3.63, 3.8) is 0 Å². The maximum atomic E-state index is 11.7. The molecule has 1 amide bonds. The van der Waals surface area contributed by atoms with Crippen LogP contribution in [0.4, 0.5) is 0 Å². The van der Waals surface area contributed by atoms with Gasteiger partial charge in [-0.1, -0.05) is 6.92 Å². The lowest BCUT2D eigenvalue weighted by atomic mass is 10.2. The first-order chi connectivity index (χ1) is 7.67. The third-order valence-corrected chi connectivity index (χ3v) is 2.65. The molecule has 1 aromatic heterocycles. The predicted octanol–water partition coefficient (Wildman–Crippen LogP) is 2.98. The lowest BCUT2D eigenvalue weighted by molar-refractivity contribution is 0.0908. The molecule has 1 rings (SSSR count). The van der Waals surface area contributed by atoms with E-state index in [1.807, 2.05) is 19.9 Å². The molecule has 3 nitrogen and oxygen atoms in total. The number of hydrogen-bond acceptors (Lipinski definition) is 2. The molecule has 4 heteroatoms. The second kappa shape index (κ2) is 6.59. The monoisotopic (exact) mass is 243 g/mol. The Labute approximate surface area is 101 Å². The Kier molecular flexibility index (Phi) is 5.39. The van der Waals surface area contributed by atoms with Crippen LogP contribution in [0.1, 0.15) is 43.0 Å². The molecule has 0 radical (unpaired) electrons. The van der Waals surface area contributed by atoms with Gasteiger partial charge in [-0.25, -0.2) is 0 Å². The largest absolute Gasteiger partial charge is 0.456 e. The van der Waals surface area contributed by atoms with E-state index in [-0.39, 0.29) is 11.9 Å². The number of carbonyl (C=O) groups excluding carboxylic acids is 1. The number of aryl methyl sites for hydroxylation is 1. The van der Waals surface area contributed by atoms with Crippen LogP contribution in [0.25, 0.3) is 0 Å². The van der Waals surface area contributed by atoms with Gasteiger partial charge in [-0.15, -0.1) is 11.6 Å². The van der Waals surface area contributed by atoms with Crippen molar-refractivity contribution in [3.8, 4) is 0 Å². The van der Waals surface area contributed by atoms with Gasteiger partial charge in [0.15, 0.2) is 5.76 Å². The molecule has 0 aliphatic carbocycles. The number of halogens is 1. The summed E-state index contributed by atoms with van der Waals surface area (Å²) in [6.07, 6.45) is 2.59. The molecule has 0 saturated heterocycles. The van der Waals surface area contributed by atoms with E-state index in [4.69, 9.17) is 16.0 Å². The van der Waals surface area contributed by atoms with Gasteiger partial charge < -0.3 is 9.73 Å². The predicted molar refractivity (Wildman–Crippen MR) is 65.0 cm³/mol. The Bertz CT molecular complexity index is 336. The average molecular weight is 244 g/mol. The number of amides is 1. The zero-order valence-electron chi connectivity index (χ0n) is 9.75. The summed E-state index contributed by atoms with van der Waals surface area (Å²) in [7, 11) is 0. The van der Waals surface area contributed by atoms with Gasteiger partial charge in [0.05, 0.1) is 0 Å². The molecule has 0 spiro atoms. The first kappa shape index (κ1) is 13.1. The summed E-state index contributed by atoms with van der Waals surface area (Å²) in [5, 5.41) is 2.88. The third-order valence-electron chi connectivity index (χ3n) is 2.38. The van der Waals surface area contributed by atoms with Crippen molar-refractivity contribution in [1.29, 1.82) is 0 Å². The Morgan fingerprint density at radius 3 is 2.88 bits per heavy atom. The van der Waals surface area contributed by atoms with Crippen LogP contribution in [0, 0.1) is 0 Å². The van der Waals surface area contributed by atoms with Crippen LogP contribution in [-0.2, 0) is 6.42 Å². The third kappa shape index (κ3) is 3.89. The SMILES string of the molecule is CCc1ccc(C(=O)NC(C)CCCCl)o1. The smallest absolute Gasteiger partial charge is 0.287 e. The fraction of sp³-hybridized carbons (Fsp3) is 0.583. The van der Waals surface area contributed by atoms with Crippen molar-refractivity contribution < 1.29 is 9.21 Å². The van der Waals surface area contributed by atoms with E-state index in [1.165, 1.54) is 0 Å². The maximum absolute atomic E-state index is 11.7. The van der Waals surface area contributed by atoms with Crippen LogP contribution in [0.5, 0.6) is 0 Å². The van der Waals surface area contributed by atoms with Crippen molar-refractivity contribution in [2.75, 3.05) is 5.88 Å². The average Bonchev–Trinajstić information content (AvgIpc) is 2.74. The Morgan fingerprint density at radius 2 is 2.31 bits per heavy atom. The number of rotatable bonds is 6. The van der Waals surface area contributed by atoms with Crippen LogP contribution in [0.3, 0.4) is 0 Å². The molecular weight excluding hydrogens is 226 g/mol. The number of carbonyl (C=O) groups is 1. The molecular formula is C12H18ClNO2. The van der Waals surface area contributed by atoms with E-state index in [2.05, 4.69) is 5.32 Å². The van der Waals surface area contributed by atoms with Crippen molar-refractivity contribution >= 4 is 17.5 Å². The van der Waals surface area contributed by atoms with Crippen molar-refractivity contribution in [3.05, 3.63) is 23.7 Å². The highest BCUT2D eigenvalue weighted by Crippen LogP contribution is 2.09. The molecule has 16 heavy (non-hydrogen) atoms. The minimum absolute atomic E-state index is 0.126.